The summed E-state index contributed by atoms with van der Waals surface area (Å²) in [6.45, 7) is 0. The average Bonchev–Trinajstić information content (AvgIpc) is 2.89. The van der Waals surface area contributed by atoms with Crippen LogP contribution in [0.4, 0.5) is 0 Å². The van der Waals surface area contributed by atoms with Gasteiger partial charge < -0.3 is 14.2 Å². The fraction of sp³-hybridized carbons (Fsp3) is 0.308. The van der Waals surface area contributed by atoms with Gasteiger partial charge in [0.05, 0.1) is 19.0 Å². The Morgan fingerprint density at radius 1 is 1.06 bits per heavy atom. The van der Waals surface area contributed by atoms with Gasteiger partial charge in [0.1, 0.15) is 5.75 Å². The lowest BCUT2D eigenvalue weighted by molar-refractivity contribution is -0.108. The molecule has 0 amide bonds. The van der Waals surface area contributed by atoms with Crippen molar-refractivity contribution in [2.24, 2.45) is 0 Å². The van der Waals surface area contributed by atoms with Gasteiger partial charge in [0.2, 0.25) is 6.29 Å². The highest BCUT2D eigenvalue weighted by atomic mass is 16.7. The number of ether oxygens (including phenoxy) is 3. The first-order valence-electron chi connectivity index (χ1n) is 5.54. The fourth-order valence-electron chi connectivity index (χ4n) is 1.89. The third kappa shape index (κ3) is 2.23. The predicted octanol–water partition coefficient (Wildman–Crippen LogP) is 2.38. The van der Waals surface area contributed by atoms with Crippen LogP contribution in [0.1, 0.15) is 12.0 Å². The molecule has 5 heteroatoms. The van der Waals surface area contributed by atoms with Gasteiger partial charge in [0.15, 0.2) is 0 Å². The van der Waals surface area contributed by atoms with Gasteiger partial charge in [-0.2, -0.15) is 5.10 Å². The van der Waals surface area contributed by atoms with Crippen LogP contribution in [-0.2, 0) is 9.47 Å². The van der Waals surface area contributed by atoms with Crippen molar-refractivity contribution in [2.45, 2.75) is 6.29 Å². The highest BCUT2D eigenvalue weighted by Gasteiger charge is 2.19. The Morgan fingerprint density at radius 3 is 2.44 bits per heavy atom. The van der Waals surface area contributed by atoms with Crippen molar-refractivity contribution in [3.63, 3.8) is 0 Å². The number of hydrogen-bond acceptors (Lipinski definition) is 4. The minimum absolute atomic E-state index is 0.479. The van der Waals surface area contributed by atoms with Gasteiger partial charge in [0, 0.05) is 25.3 Å². The number of nitrogens with one attached hydrogen (secondary N) is 1. The number of aromatic nitrogens is 2. The molecule has 1 N–H and O–H groups in total. The molecule has 1 aromatic carbocycles. The molecule has 0 saturated heterocycles. The van der Waals surface area contributed by atoms with E-state index < -0.39 is 6.29 Å². The summed E-state index contributed by atoms with van der Waals surface area (Å²) < 4.78 is 15.8. The van der Waals surface area contributed by atoms with Crippen molar-refractivity contribution in [1.82, 2.24) is 10.2 Å². The quantitative estimate of drug-likeness (QED) is 0.825. The summed E-state index contributed by atoms with van der Waals surface area (Å²) >= 11 is 0. The van der Waals surface area contributed by atoms with E-state index in [9.17, 15) is 0 Å². The maximum Gasteiger partial charge on any atom is 0.200 e. The molecule has 0 atom stereocenters. The molecule has 0 radical (unpaired) electrons. The number of hydrogen-bond donors (Lipinski definition) is 1. The Morgan fingerprint density at radius 2 is 1.78 bits per heavy atom. The van der Waals surface area contributed by atoms with Gasteiger partial charge in [-0.1, -0.05) is 18.2 Å². The lowest BCUT2D eigenvalue weighted by Gasteiger charge is -2.14. The second kappa shape index (κ2) is 5.66. The molecule has 0 spiro atoms. The Hall–Kier alpha value is -1.85. The van der Waals surface area contributed by atoms with Gasteiger partial charge in [-0.25, -0.2) is 0 Å². The molecule has 5 nitrogen and oxygen atoms in total. The number of rotatable bonds is 5. The summed E-state index contributed by atoms with van der Waals surface area (Å²) in [7, 11) is 4.81. The first-order valence-corrected chi connectivity index (χ1v) is 5.54. The lowest BCUT2D eigenvalue weighted by Crippen LogP contribution is -2.05. The van der Waals surface area contributed by atoms with Crippen molar-refractivity contribution in [2.75, 3.05) is 21.3 Å². The molecule has 1 aromatic heterocycles. The molecule has 0 bridgehead atoms. The third-order valence-electron chi connectivity index (χ3n) is 2.73. The summed E-state index contributed by atoms with van der Waals surface area (Å²) in [5.74, 6) is 0.783. The minimum atomic E-state index is -0.479. The third-order valence-corrected chi connectivity index (χ3v) is 2.73. The van der Waals surface area contributed by atoms with Gasteiger partial charge >= 0.3 is 0 Å². The fourth-order valence-corrected chi connectivity index (χ4v) is 1.89. The summed E-state index contributed by atoms with van der Waals surface area (Å²) in [5.41, 5.74) is 2.62. The zero-order valence-corrected chi connectivity index (χ0v) is 10.6. The second-order valence-corrected chi connectivity index (χ2v) is 3.70. The molecule has 2 aromatic rings. The van der Waals surface area contributed by atoms with E-state index in [2.05, 4.69) is 10.2 Å². The highest BCUT2D eigenvalue weighted by Crippen LogP contribution is 2.34. The second-order valence-electron chi connectivity index (χ2n) is 3.70. The SMILES string of the molecule is COc1ccccc1-c1cn[nH]c1C(OC)OC. The van der Waals surface area contributed by atoms with Crippen LogP contribution in [0, 0.1) is 0 Å². The molecule has 0 aliphatic carbocycles. The van der Waals surface area contributed by atoms with E-state index in [0.717, 1.165) is 22.6 Å². The molecule has 0 fully saturated rings. The van der Waals surface area contributed by atoms with Crippen LogP contribution >= 0.6 is 0 Å². The molecule has 0 aliphatic rings. The van der Waals surface area contributed by atoms with E-state index >= 15 is 0 Å². The number of nitrogens with zero attached hydrogens (tertiary/aromatic N) is 1. The number of aromatic amines is 1. The minimum Gasteiger partial charge on any atom is -0.496 e. The van der Waals surface area contributed by atoms with Crippen LogP contribution in [0.2, 0.25) is 0 Å². The molecule has 2 rings (SSSR count). The van der Waals surface area contributed by atoms with Gasteiger partial charge in [0.25, 0.3) is 0 Å². The molecule has 0 saturated carbocycles. The largest absolute Gasteiger partial charge is 0.496 e. The maximum absolute atomic E-state index is 5.35. The average molecular weight is 248 g/mol. The van der Waals surface area contributed by atoms with Crippen LogP contribution < -0.4 is 4.74 Å². The normalized spacial score (nSPS) is 10.9. The Labute approximate surface area is 106 Å². The Kier molecular flexibility index (Phi) is 3.96. The lowest BCUT2D eigenvalue weighted by atomic mass is 10.1. The van der Waals surface area contributed by atoms with Crippen molar-refractivity contribution in [1.29, 1.82) is 0 Å². The van der Waals surface area contributed by atoms with Crippen molar-refractivity contribution < 1.29 is 14.2 Å². The van der Waals surface area contributed by atoms with Crippen molar-refractivity contribution in [3.8, 4) is 16.9 Å². The molecule has 0 aliphatic heterocycles. The van der Waals surface area contributed by atoms with E-state index in [0.29, 0.717) is 0 Å². The van der Waals surface area contributed by atoms with E-state index in [4.69, 9.17) is 14.2 Å². The zero-order valence-electron chi connectivity index (χ0n) is 10.6. The van der Waals surface area contributed by atoms with E-state index in [1.54, 1.807) is 27.5 Å². The smallest absolute Gasteiger partial charge is 0.200 e. The number of H-pyrrole nitrogens is 1. The maximum atomic E-state index is 5.35. The first kappa shape index (κ1) is 12.6. The van der Waals surface area contributed by atoms with Gasteiger partial charge in [-0.05, 0) is 6.07 Å². The summed E-state index contributed by atoms with van der Waals surface area (Å²) in [5, 5.41) is 6.95. The molecular formula is C13H16N2O3. The van der Waals surface area contributed by atoms with Crippen LogP contribution in [0.25, 0.3) is 11.1 Å². The zero-order chi connectivity index (χ0) is 13.0. The predicted molar refractivity (Wildman–Crippen MR) is 67.3 cm³/mol. The van der Waals surface area contributed by atoms with Crippen LogP contribution in [-0.4, -0.2) is 31.5 Å². The number of methoxy groups -OCH3 is 3. The number of benzene rings is 1. The Bertz CT molecular complexity index is 506. The number of para-hydroxylation sites is 1. The molecule has 1 heterocycles. The van der Waals surface area contributed by atoms with Crippen LogP contribution in [0.3, 0.4) is 0 Å². The van der Waals surface area contributed by atoms with Crippen LogP contribution in [0.5, 0.6) is 5.75 Å². The van der Waals surface area contributed by atoms with Gasteiger partial charge in [-0.3, -0.25) is 5.10 Å². The topological polar surface area (TPSA) is 56.4 Å². The summed E-state index contributed by atoms with van der Waals surface area (Å²) in [6.07, 6.45) is 1.26. The van der Waals surface area contributed by atoms with Crippen molar-refractivity contribution >= 4 is 0 Å². The standard InChI is InChI=1S/C13H16N2O3/c1-16-11-7-5-4-6-9(11)10-8-14-15-12(10)13(17-2)18-3/h4-8,13H,1-3H3,(H,14,15). The summed E-state index contributed by atoms with van der Waals surface area (Å²) in [4.78, 5) is 0. The van der Waals surface area contributed by atoms with E-state index in [1.165, 1.54) is 0 Å². The molecule has 0 unspecified atom stereocenters. The molecular weight excluding hydrogens is 232 g/mol. The van der Waals surface area contributed by atoms with Gasteiger partial charge in [-0.15, -0.1) is 0 Å². The first-order chi connectivity index (χ1) is 8.81. The Balaban J connectivity index is 2.48. The van der Waals surface area contributed by atoms with Crippen molar-refractivity contribution in [3.05, 3.63) is 36.2 Å². The monoisotopic (exact) mass is 248 g/mol. The molecule has 96 valence electrons. The summed E-state index contributed by atoms with van der Waals surface area (Å²) in [6, 6.07) is 7.74. The highest BCUT2D eigenvalue weighted by molar-refractivity contribution is 5.71. The molecule has 18 heavy (non-hydrogen) atoms. The van der Waals surface area contributed by atoms with E-state index in [1.807, 2.05) is 24.3 Å². The van der Waals surface area contributed by atoms with E-state index in [-0.39, 0.29) is 0 Å². The van der Waals surface area contributed by atoms with Crippen LogP contribution in [0.15, 0.2) is 30.5 Å².